The van der Waals surface area contributed by atoms with Crippen molar-refractivity contribution in [3.63, 3.8) is 0 Å². The van der Waals surface area contributed by atoms with Crippen LogP contribution >= 0.6 is 0 Å². The van der Waals surface area contributed by atoms with Gasteiger partial charge >= 0.3 is 0 Å². The number of hydrogen-bond donors (Lipinski definition) is 1. The molecule has 2 aromatic carbocycles. The first-order valence-corrected chi connectivity index (χ1v) is 7.02. The van der Waals surface area contributed by atoms with Crippen molar-refractivity contribution in [3.8, 4) is 5.75 Å². The van der Waals surface area contributed by atoms with Crippen LogP contribution in [-0.2, 0) is 6.61 Å². The molecule has 0 amide bonds. The molecule has 2 nitrogen and oxygen atoms in total. The summed E-state index contributed by atoms with van der Waals surface area (Å²) in [7, 11) is 0. The van der Waals surface area contributed by atoms with E-state index < -0.39 is 0 Å². The summed E-state index contributed by atoms with van der Waals surface area (Å²) in [6.07, 6.45) is 0. The number of nitrogens with two attached hydrogens (primary N) is 1. The first kappa shape index (κ1) is 14.6. The van der Waals surface area contributed by atoms with Gasteiger partial charge in [0.15, 0.2) is 0 Å². The van der Waals surface area contributed by atoms with Gasteiger partial charge in [-0.15, -0.1) is 0 Å². The van der Waals surface area contributed by atoms with Crippen LogP contribution in [0, 0.1) is 20.8 Å². The van der Waals surface area contributed by atoms with Gasteiger partial charge in [0.05, 0.1) is 0 Å². The second-order valence-electron chi connectivity index (χ2n) is 5.61. The summed E-state index contributed by atoms with van der Waals surface area (Å²) in [5.41, 5.74) is 12.0. The minimum atomic E-state index is -0.0233. The molecule has 2 N–H and O–H groups in total. The molecule has 0 bridgehead atoms. The Balaban J connectivity index is 2.20. The van der Waals surface area contributed by atoms with Crippen molar-refractivity contribution in [1.82, 2.24) is 0 Å². The standard InChI is InChI=1S/C18H23NO/c1-12-5-6-17(15(4)19)18(10-12)20-11-16-8-13(2)7-14(3)9-16/h5-10,15H,11,19H2,1-4H3/t15-/m1/s1. The number of aryl methyl sites for hydroxylation is 3. The van der Waals surface area contributed by atoms with Crippen molar-refractivity contribution < 1.29 is 4.74 Å². The van der Waals surface area contributed by atoms with Crippen LogP contribution in [0.4, 0.5) is 0 Å². The Morgan fingerprint density at radius 3 is 2.20 bits per heavy atom. The number of benzene rings is 2. The van der Waals surface area contributed by atoms with Gasteiger partial charge in [0, 0.05) is 11.6 Å². The quantitative estimate of drug-likeness (QED) is 0.902. The van der Waals surface area contributed by atoms with Crippen molar-refractivity contribution in [2.24, 2.45) is 5.73 Å². The highest BCUT2D eigenvalue weighted by Gasteiger charge is 2.08. The molecule has 0 fully saturated rings. The van der Waals surface area contributed by atoms with Crippen LogP contribution in [0.3, 0.4) is 0 Å². The van der Waals surface area contributed by atoms with Gasteiger partial charge in [-0.3, -0.25) is 0 Å². The van der Waals surface area contributed by atoms with Gasteiger partial charge < -0.3 is 10.5 Å². The predicted molar refractivity (Wildman–Crippen MR) is 84.0 cm³/mol. The topological polar surface area (TPSA) is 35.2 Å². The third-order valence-corrected chi connectivity index (χ3v) is 3.34. The van der Waals surface area contributed by atoms with E-state index in [1.54, 1.807) is 0 Å². The van der Waals surface area contributed by atoms with Gasteiger partial charge in [0.1, 0.15) is 12.4 Å². The van der Waals surface area contributed by atoms with Gasteiger partial charge in [-0.1, -0.05) is 41.5 Å². The highest BCUT2D eigenvalue weighted by molar-refractivity contribution is 5.39. The fraction of sp³-hybridized carbons (Fsp3) is 0.333. The van der Waals surface area contributed by atoms with Crippen LogP contribution in [0.2, 0.25) is 0 Å². The van der Waals surface area contributed by atoms with Crippen LogP contribution in [-0.4, -0.2) is 0 Å². The zero-order chi connectivity index (χ0) is 14.7. The van der Waals surface area contributed by atoms with Gasteiger partial charge in [0.25, 0.3) is 0 Å². The molecule has 1 atom stereocenters. The summed E-state index contributed by atoms with van der Waals surface area (Å²) in [6.45, 7) is 8.84. The first-order valence-electron chi connectivity index (χ1n) is 7.02. The summed E-state index contributed by atoms with van der Waals surface area (Å²) in [5, 5.41) is 0. The fourth-order valence-corrected chi connectivity index (χ4v) is 2.46. The van der Waals surface area contributed by atoms with E-state index in [2.05, 4.69) is 57.2 Å². The van der Waals surface area contributed by atoms with Crippen molar-refractivity contribution in [2.45, 2.75) is 40.3 Å². The summed E-state index contributed by atoms with van der Waals surface area (Å²) in [5.74, 6) is 0.888. The Kier molecular flexibility index (Phi) is 4.46. The van der Waals surface area contributed by atoms with Crippen LogP contribution in [0.15, 0.2) is 36.4 Å². The van der Waals surface area contributed by atoms with Gasteiger partial charge in [-0.25, -0.2) is 0 Å². The minimum absolute atomic E-state index is 0.0233. The Morgan fingerprint density at radius 1 is 0.950 bits per heavy atom. The summed E-state index contributed by atoms with van der Waals surface area (Å²) < 4.78 is 6.00. The van der Waals surface area contributed by atoms with E-state index in [0.717, 1.165) is 11.3 Å². The summed E-state index contributed by atoms with van der Waals surface area (Å²) in [6, 6.07) is 12.7. The van der Waals surface area contributed by atoms with E-state index in [4.69, 9.17) is 10.5 Å². The van der Waals surface area contributed by atoms with Crippen LogP contribution < -0.4 is 10.5 Å². The molecule has 0 unspecified atom stereocenters. The molecule has 2 rings (SSSR count). The molecule has 0 heterocycles. The van der Waals surface area contributed by atoms with E-state index in [9.17, 15) is 0 Å². The largest absolute Gasteiger partial charge is 0.489 e. The van der Waals surface area contributed by atoms with Gasteiger partial charge in [0.2, 0.25) is 0 Å². The highest BCUT2D eigenvalue weighted by atomic mass is 16.5. The van der Waals surface area contributed by atoms with Crippen LogP contribution in [0.5, 0.6) is 5.75 Å². The van der Waals surface area contributed by atoms with E-state index >= 15 is 0 Å². The molecule has 0 spiro atoms. The zero-order valence-corrected chi connectivity index (χ0v) is 12.7. The lowest BCUT2D eigenvalue weighted by Crippen LogP contribution is -2.08. The predicted octanol–water partition coefficient (Wildman–Crippen LogP) is 4.21. The highest BCUT2D eigenvalue weighted by Crippen LogP contribution is 2.26. The SMILES string of the molecule is Cc1cc(C)cc(COc2cc(C)ccc2[C@@H](C)N)c1. The van der Waals surface area contributed by atoms with Gasteiger partial charge in [-0.05, 0) is 44.9 Å². The molecular formula is C18H23NO. The fourth-order valence-electron chi connectivity index (χ4n) is 2.46. The molecule has 0 saturated carbocycles. The molecule has 2 heteroatoms. The second kappa shape index (κ2) is 6.10. The summed E-state index contributed by atoms with van der Waals surface area (Å²) >= 11 is 0. The van der Waals surface area contributed by atoms with E-state index in [1.807, 2.05) is 6.92 Å². The molecule has 0 aliphatic heterocycles. The third-order valence-electron chi connectivity index (χ3n) is 3.34. The number of rotatable bonds is 4. The van der Waals surface area contributed by atoms with Crippen LogP contribution in [0.1, 0.15) is 40.8 Å². The molecular weight excluding hydrogens is 246 g/mol. The minimum Gasteiger partial charge on any atom is -0.489 e. The Hall–Kier alpha value is -1.80. The molecule has 106 valence electrons. The molecule has 20 heavy (non-hydrogen) atoms. The average Bonchev–Trinajstić information content (AvgIpc) is 2.35. The van der Waals surface area contributed by atoms with Crippen molar-refractivity contribution >= 4 is 0 Å². The lowest BCUT2D eigenvalue weighted by molar-refractivity contribution is 0.301. The smallest absolute Gasteiger partial charge is 0.124 e. The van der Waals surface area contributed by atoms with E-state index in [1.165, 1.54) is 22.3 Å². The molecule has 0 aromatic heterocycles. The first-order chi connectivity index (χ1) is 9.45. The molecule has 2 aromatic rings. The lowest BCUT2D eigenvalue weighted by Gasteiger charge is -2.15. The Labute approximate surface area is 121 Å². The second-order valence-corrected chi connectivity index (χ2v) is 5.61. The Morgan fingerprint density at radius 2 is 1.60 bits per heavy atom. The monoisotopic (exact) mass is 269 g/mol. The summed E-state index contributed by atoms with van der Waals surface area (Å²) in [4.78, 5) is 0. The molecule has 0 aliphatic rings. The molecule has 0 aliphatic carbocycles. The van der Waals surface area contributed by atoms with Crippen molar-refractivity contribution in [2.75, 3.05) is 0 Å². The normalized spacial score (nSPS) is 12.2. The van der Waals surface area contributed by atoms with E-state index in [-0.39, 0.29) is 6.04 Å². The Bertz CT molecular complexity index is 582. The average molecular weight is 269 g/mol. The maximum atomic E-state index is 6.00. The zero-order valence-electron chi connectivity index (χ0n) is 12.7. The van der Waals surface area contributed by atoms with Crippen molar-refractivity contribution in [3.05, 3.63) is 64.2 Å². The molecule has 0 radical (unpaired) electrons. The number of ether oxygens (including phenoxy) is 1. The van der Waals surface area contributed by atoms with E-state index in [0.29, 0.717) is 6.61 Å². The molecule has 0 saturated heterocycles. The lowest BCUT2D eigenvalue weighted by atomic mass is 10.1. The maximum Gasteiger partial charge on any atom is 0.124 e. The van der Waals surface area contributed by atoms with Crippen LogP contribution in [0.25, 0.3) is 0 Å². The maximum absolute atomic E-state index is 6.00. The third kappa shape index (κ3) is 3.61. The van der Waals surface area contributed by atoms with Crippen molar-refractivity contribution in [1.29, 1.82) is 0 Å². The number of hydrogen-bond acceptors (Lipinski definition) is 2. The van der Waals surface area contributed by atoms with Gasteiger partial charge in [-0.2, -0.15) is 0 Å².